The van der Waals surface area contributed by atoms with Gasteiger partial charge in [-0.25, -0.2) is 13.1 Å². The maximum Gasteiger partial charge on any atom is 0.241 e. The van der Waals surface area contributed by atoms with Crippen molar-refractivity contribution in [1.29, 1.82) is 0 Å². The zero-order chi connectivity index (χ0) is 15.1. The molecule has 0 radical (unpaired) electrons. The summed E-state index contributed by atoms with van der Waals surface area (Å²) in [4.78, 5) is 0.309. The van der Waals surface area contributed by atoms with Crippen molar-refractivity contribution in [3.63, 3.8) is 0 Å². The van der Waals surface area contributed by atoms with Gasteiger partial charge in [-0.05, 0) is 31.0 Å². The summed E-state index contributed by atoms with van der Waals surface area (Å²) in [7, 11) is -3.51. The Bertz CT molecular complexity index is 670. The maximum absolute atomic E-state index is 12.4. The van der Waals surface area contributed by atoms with Crippen LogP contribution in [0.3, 0.4) is 0 Å². The zero-order valence-corrected chi connectivity index (χ0v) is 12.6. The first kappa shape index (κ1) is 15.7. The van der Waals surface area contributed by atoms with Gasteiger partial charge in [0.05, 0.1) is 4.90 Å². The van der Waals surface area contributed by atoms with Gasteiger partial charge in [-0.2, -0.15) is 0 Å². The summed E-state index contributed by atoms with van der Waals surface area (Å²) >= 11 is 0. The Kier molecular flexibility index (Phi) is 5.50. The molecule has 0 aromatic heterocycles. The molecule has 0 spiro atoms. The van der Waals surface area contributed by atoms with Gasteiger partial charge in [0.1, 0.15) is 0 Å². The van der Waals surface area contributed by atoms with Crippen molar-refractivity contribution < 1.29 is 8.42 Å². The molecule has 0 saturated carbocycles. The summed E-state index contributed by atoms with van der Waals surface area (Å²) in [5.74, 6) is 0. The van der Waals surface area contributed by atoms with E-state index in [0.717, 1.165) is 18.4 Å². The van der Waals surface area contributed by atoms with Gasteiger partial charge in [0, 0.05) is 12.1 Å². The molecule has 0 heterocycles. The molecule has 0 bridgehead atoms. The quantitative estimate of drug-likeness (QED) is 0.771. The van der Waals surface area contributed by atoms with Gasteiger partial charge < -0.3 is 5.73 Å². The van der Waals surface area contributed by atoms with Crippen LogP contribution < -0.4 is 10.5 Å². The molecule has 0 atom stereocenters. The van der Waals surface area contributed by atoms with Gasteiger partial charge in [0.2, 0.25) is 10.0 Å². The predicted molar refractivity (Wildman–Crippen MR) is 85.4 cm³/mol. The third kappa shape index (κ3) is 4.14. The standard InChI is InChI=1S/C16H20N2O2S/c17-12-6-7-13-18-21(19,20)16-11-5-4-10-15(16)14-8-2-1-3-9-14/h1-5,8-11,18H,6-7,12-13,17H2. The van der Waals surface area contributed by atoms with Crippen molar-refractivity contribution >= 4 is 10.0 Å². The fraction of sp³-hybridized carbons (Fsp3) is 0.250. The minimum absolute atomic E-state index is 0.309. The van der Waals surface area contributed by atoms with Gasteiger partial charge in [0.15, 0.2) is 0 Å². The van der Waals surface area contributed by atoms with E-state index >= 15 is 0 Å². The second-order valence-electron chi connectivity index (χ2n) is 4.76. The number of unbranched alkanes of at least 4 members (excludes halogenated alkanes) is 1. The van der Waals surface area contributed by atoms with Crippen molar-refractivity contribution in [2.75, 3.05) is 13.1 Å². The zero-order valence-electron chi connectivity index (χ0n) is 11.8. The summed E-state index contributed by atoms with van der Waals surface area (Å²) in [6, 6.07) is 16.5. The number of hydrogen-bond acceptors (Lipinski definition) is 3. The molecule has 0 amide bonds. The predicted octanol–water partition coefficient (Wildman–Crippen LogP) is 2.37. The number of rotatable bonds is 7. The lowest BCUT2D eigenvalue weighted by Crippen LogP contribution is -2.25. The van der Waals surface area contributed by atoms with E-state index in [9.17, 15) is 8.42 Å². The van der Waals surface area contributed by atoms with Crippen LogP contribution in [0, 0.1) is 0 Å². The molecule has 0 fully saturated rings. The fourth-order valence-corrected chi connectivity index (χ4v) is 3.41. The Morgan fingerprint density at radius 2 is 1.57 bits per heavy atom. The molecule has 0 aliphatic carbocycles. The molecule has 0 saturated heterocycles. The molecule has 2 aromatic carbocycles. The number of nitrogens with one attached hydrogen (secondary N) is 1. The summed E-state index contributed by atoms with van der Waals surface area (Å²) < 4.78 is 27.5. The van der Waals surface area contributed by atoms with Crippen LogP contribution in [0.1, 0.15) is 12.8 Å². The topological polar surface area (TPSA) is 72.2 Å². The molecule has 21 heavy (non-hydrogen) atoms. The summed E-state index contributed by atoms with van der Waals surface area (Å²) in [6.07, 6.45) is 1.55. The lowest BCUT2D eigenvalue weighted by molar-refractivity contribution is 0.577. The van der Waals surface area contributed by atoms with E-state index in [1.54, 1.807) is 12.1 Å². The summed E-state index contributed by atoms with van der Waals surface area (Å²) in [5, 5.41) is 0. The van der Waals surface area contributed by atoms with Gasteiger partial charge in [0.25, 0.3) is 0 Å². The molecule has 4 nitrogen and oxygen atoms in total. The van der Waals surface area contributed by atoms with E-state index in [2.05, 4.69) is 4.72 Å². The Morgan fingerprint density at radius 3 is 2.29 bits per heavy atom. The van der Waals surface area contributed by atoms with Crippen LogP contribution in [0.5, 0.6) is 0 Å². The lowest BCUT2D eigenvalue weighted by atomic mass is 10.1. The highest BCUT2D eigenvalue weighted by molar-refractivity contribution is 7.89. The number of hydrogen-bond donors (Lipinski definition) is 2. The van der Waals surface area contributed by atoms with E-state index in [4.69, 9.17) is 5.73 Å². The Labute approximate surface area is 126 Å². The first-order valence-corrected chi connectivity index (χ1v) is 8.47. The van der Waals surface area contributed by atoms with E-state index in [0.29, 0.717) is 23.5 Å². The van der Waals surface area contributed by atoms with Crippen molar-refractivity contribution in [3.05, 3.63) is 54.6 Å². The number of sulfonamides is 1. The Morgan fingerprint density at radius 1 is 0.905 bits per heavy atom. The number of benzene rings is 2. The van der Waals surface area contributed by atoms with Crippen LogP contribution in [0.15, 0.2) is 59.5 Å². The van der Waals surface area contributed by atoms with Crippen LogP contribution in [-0.2, 0) is 10.0 Å². The SMILES string of the molecule is NCCCCNS(=O)(=O)c1ccccc1-c1ccccc1. The molecule has 0 aliphatic heterocycles. The third-order valence-electron chi connectivity index (χ3n) is 3.18. The minimum Gasteiger partial charge on any atom is -0.330 e. The molecule has 0 unspecified atom stereocenters. The van der Waals surface area contributed by atoms with Crippen LogP contribution >= 0.6 is 0 Å². The average molecular weight is 304 g/mol. The van der Waals surface area contributed by atoms with E-state index in [1.165, 1.54) is 0 Å². The van der Waals surface area contributed by atoms with Gasteiger partial charge in [-0.1, -0.05) is 48.5 Å². The monoisotopic (exact) mass is 304 g/mol. The lowest BCUT2D eigenvalue weighted by Gasteiger charge is -2.11. The minimum atomic E-state index is -3.51. The van der Waals surface area contributed by atoms with Gasteiger partial charge in [-0.3, -0.25) is 0 Å². The normalized spacial score (nSPS) is 11.5. The highest BCUT2D eigenvalue weighted by atomic mass is 32.2. The molecule has 2 aromatic rings. The van der Waals surface area contributed by atoms with E-state index < -0.39 is 10.0 Å². The van der Waals surface area contributed by atoms with Crippen molar-refractivity contribution in [2.24, 2.45) is 5.73 Å². The largest absolute Gasteiger partial charge is 0.330 e. The Hall–Kier alpha value is -1.69. The summed E-state index contributed by atoms with van der Waals surface area (Å²) in [6.45, 7) is 0.977. The second-order valence-corrected chi connectivity index (χ2v) is 6.49. The molecular weight excluding hydrogens is 284 g/mol. The second kappa shape index (κ2) is 7.36. The molecule has 5 heteroatoms. The molecule has 0 aliphatic rings. The Balaban J connectivity index is 2.28. The van der Waals surface area contributed by atoms with Gasteiger partial charge in [-0.15, -0.1) is 0 Å². The average Bonchev–Trinajstić information content (AvgIpc) is 2.52. The first-order valence-electron chi connectivity index (χ1n) is 6.99. The fourth-order valence-electron chi connectivity index (χ4n) is 2.11. The van der Waals surface area contributed by atoms with E-state index in [1.807, 2.05) is 42.5 Å². The third-order valence-corrected chi connectivity index (χ3v) is 4.70. The van der Waals surface area contributed by atoms with Crippen molar-refractivity contribution in [1.82, 2.24) is 4.72 Å². The number of nitrogens with two attached hydrogens (primary N) is 1. The van der Waals surface area contributed by atoms with Gasteiger partial charge >= 0.3 is 0 Å². The highest BCUT2D eigenvalue weighted by Crippen LogP contribution is 2.26. The van der Waals surface area contributed by atoms with E-state index in [-0.39, 0.29) is 0 Å². The molecule has 2 rings (SSSR count). The molecule has 112 valence electrons. The molecule has 3 N–H and O–H groups in total. The highest BCUT2D eigenvalue weighted by Gasteiger charge is 2.18. The van der Waals surface area contributed by atoms with Crippen LogP contribution in [0.2, 0.25) is 0 Å². The van der Waals surface area contributed by atoms with Crippen molar-refractivity contribution in [2.45, 2.75) is 17.7 Å². The van der Waals surface area contributed by atoms with Crippen LogP contribution in [0.25, 0.3) is 11.1 Å². The smallest absolute Gasteiger partial charge is 0.241 e. The van der Waals surface area contributed by atoms with Crippen molar-refractivity contribution in [3.8, 4) is 11.1 Å². The first-order chi connectivity index (χ1) is 10.1. The van der Waals surface area contributed by atoms with Crippen LogP contribution in [-0.4, -0.2) is 21.5 Å². The maximum atomic E-state index is 12.4. The molecular formula is C16H20N2O2S. The van der Waals surface area contributed by atoms with Crippen LogP contribution in [0.4, 0.5) is 0 Å². The summed E-state index contributed by atoms with van der Waals surface area (Å²) in [5.41, 5.74) is 7.01.